The molecule has 1 aromatic carbocycles. The van der Waals surface area contributed by atoms with Crippen molar-refractivity contribution in [3.8, 4) is 11.5 Å². The molecule has 0 fully saturated rings. The van der Waals surface area contributed by atoms with Crippen LogP contribution in [0.15, 0.2) is 36.7 Å². The molecule has 1 aliphatic rings. The molecule has 0 radical (unpaired) electrons. The summed E-state index contributed by atoms with van der Waals surface area (Å²) in [5.74, 6) is 1.78. The van der Waals surface area contributed by atoms with E-state index < -0.39 is 0 Å². The lowest BCUT2D eigenvalue weighted by Gasteiger charge is -2.10. The highest BCUT2D eigenvalue weighted by Gasteiger charge is 2.13. The van der Waals surface area contributed by atoms with Crippen molar-refractivity contribution >= 4 is 11.9 Å². The molecule has 0 atom stereocenters. The first-order valence-corrected chi connectivity index (χ1v) is 8.02. The zero-order valence-electron chi connectivity index (χ0n) is 13.3. The Morgan fingerprint density at radius 1 is 1.08 bits per heavy atom. The molecular formula is C17H20N4O3. The van der Waals surface area contributed by atoms with Crippen LogP contribution < -0.4 is 20.1 Å². The Hall–Kier alpha value is -2.83. The van der Waals surface area contributed by atoms with E-state index in [4.69, 9.17) is 9.47 Å². The Morgan fingerprint density at radius 3 is 2.71 bits per heavy atom. The highest BCUT2D eigenvalue weighted by atomic mass is 16.5. The Morgan fingerprint density at radius 2 is 1.88 bits per heavy atom. The number of hydrogen-bond donors (Lipinski definition) is 2. The van der Waals surface area contributed by atoms with Crippen molar-refractivity contribution in [1.82, 2.24) is 15.3 Å². The molecule has 2 heterocycles. The molecule has 0 saturated heterocycles. The summed E-state index contributed by atoms with van der Waals surface area (Å²) in [5, 5.41) is 5.99. The maximum atomic E-state index is 12.2. The van der Waals surface area contributed by atoms with Gasteiger partial charge >= 0.3 is 0 Å². The molecule has 1 aromatic heterocycles. The fraction of sp³-hybridized carbons (Fsp3) is 0.353. The Kier molecular flexibility index (Phi) is 5.44. The molecule has 0 unspecified atom stereocenters. The van der Waals surface area contributed by atoms with Gasteiger partial charge in [-0.3, -0.25) is 4.79 Å². The number of aromatic nitrogens is 2. The molecule has 2 N–H and O–H groups in total. The van der Waals surface area contributed by atoms with Gasteiger partial charge in [0, 0.05) is 37.5 Å². The predicted octanol–water partition coefficient (Wildman–Crippen LogP) is 1.87. The normalized spacial score (nSPS) is 13.0. The SMILES string of the molecule is O=C(NCCCNc1ncccn1)c1ccc2c(c1)OCCCO2. The van der Waals surface area contributed by atoms with E-state index in [1.165, 1.54) is 0 Å². The number of carbonyl (C=O) groups is 1. The van der Waals surface area contributed by atoms with Crippen molar-refractivity contribution in [2.45, 2.75) is 12.8 Å². The summed E-state index contributed by atoms with van der Waals surface area (Å²) in [4.78, 5) is 20.3. The molecule has 7 heteroatoms. The zero-order valence-corrected chi connectivity index (χ0v) is 13.3. The van der Waals surface area contributed by atoms with E-state index in [9.17, 15) is 4.79 Å². The molecule has 0 saturated carbocycles. The molecule has 1 amide bonds. The fourth-order valence-electron chi connectivity index (χ4n) is 2.29. The summed E-state index contributed by atoms with van der Waals surface area (Å²) in [6, 6.07) is 7.02. The second kappa shape index (κ2) is 8.14. The third-order valence-corrected chi connectivity index (χ3v) is 3.50. The molecule has 24 heavy (non-hydrogen) atoms. The van der Waals surface area contributed by atoms with E-state index in [0.717, 1.165) is 12.8 Å². The number of hydrogen-bond acceptors (Lipinski definition) is 6. The maximum absolute atomic E-state index is 12.2. The van der Waals surface area contributed by atoms with Gasteiger partial charge in [0.05, 0.1) is 13.2 Å². The van der Waals surface area contributed by atoms with Crippen LogP contribution in [0.3, 0.4) is 0 Å². The Bertz CT molecular complexity index is 679. The highest BCUT2D eigenvalue weighted by molar-refractivity contribution is 5.94. The van der Waals surface area contributed by atoms with Crippen LogP contribution in [0.1, 0.15) is 23.2 Å². The van der Waals surface area contributed by atoms with Crippen molar-refractivity contribution in [1.29, 1.82) is 0 Å². The van der Waals surface area contributed by atoms with E-state index in [1.807, 2.05) is 0 Å². The van der Waals surface area contributed by atoms with Gasteiger partial charge in [-0.05, 0) is 30.7 Å². The number of rotatable bonds is 6. The molecule has 1 aliphatic heterocycles. The van der Waals surface area contributed by atoms with Crippen molar-refractivity contribution in [2.75, 3.05) is 31.6 Å². The first kappa shape index (κ1) is 16.0. The minimum Gasteiger partial charge on any atom is -0.490 e. The summed E-state index contributed by atoms with van der Waals surface area (Å²) in [6.07, 6.45) is 4.98. The van der Waals surface area contributed by atoms with Crippen LogP contribution in [0.25, 0.3) is 0 Å². The van der Waals surface area contributed by atoms with Crippen LogP contribution in [0.5, 0.6) is 11.5 Å². The van der Waals surface area contributed by atoms with Crippen LogP contribution in [-0.4, -0.2) is 42.2 Å². The topological polar surface area (TPSA) is 85.4 Å². The summed E-state index contributed by atoms with van der Waals surface area (Å²) >= 11 is 0. The van der Waals surface area contributed by atoms with Gasteiger partial charge < -0.3 is 20.1 Å². The number of nitrogens with one attached hydrogen (secondary N) is 2. The van der Waals surface area contributed by atoms with Gasteiger partial charge in [-0.1, -0.05) is 0 Å². The van der Waals surface area contributed by atoms with Crippen LogP contribution in [0, 0.1) is 0 Å². The molecule has 0 bridgehead atoms. The number of ether oxygens (including phenoxy) is 2. The summed E-state index contributed by atoms with van der Waals surface area (Å²) in [6.45, 7) is 2.49. The lowest BCUT2D eigenvalue weighted by Crippen LogP contribution is -2.26. The van der Waals surface area contributed by atoms with Gasteiger partial charge in [0.2, 0.25) is 5.95 Å². The van der Waals surface area contributed by atoms with E-state index >= 15 is 0 Å². The standard InChI is InChI=1S/C17H20N4O3/c22-16(18-6-1-7-19-17-20-8-2-9-21-17)13-4-5-14-15(12-13)24-11-3-10-23-14/h2,4-5,8-9,12H,1,3,6-7,10-11H2,(H,18,22)(H,19,20,21). The molecule has 0 spiro atoms. The minimum atomic E-state index is -0.124. The lowest BCUT2D eigenvalue weighted by atomic mass is 10.2. The quantitative estimate of drug-likeness (QED) is 0.788. The van der Waals surface area contributed by atoms with Gasteiger partial charge in [-0.2, -0.15) is 0 Å². The molecule has 3 rings (SSSR count). The Labute approximate surface area is 140 Å². The fourth-order valence-corrected chi connectivity index (χ4v) is 2.29. The monoisotopic (exact) mass is 328 g/mol. The Balaban J connectivity index is 1.44. The average Bonchev–Trinajstić information content (AvgIpc) is 2.87. The maximum Gasteiger partial charge on any atom is 0.251 e. The van der Waals surface area contributed by atoms with Gasteiger partial charge in [0.25, 0.3) is 5.91 Å². The van der Waals surface area contributed by atoms with Crippen LogP contribution in [-0.2, 0) is 0 Å². The van der Waals surface area contributed by atoms with Gasteiger partial charge in [-0.25, -0.2) is 9.97 Å². The van der Waals surface area contributed by atoms with E-state index in [1.54, 1.807) is 36.7 Å². The summed E-state index contributed by atoms with van der Waals surface area (Å²) in [5.41, 5.74) is 0.568. The first-order chi connectivity index (χ1) is 11.8. The number of fused-ring (bicyclic) bond motifs is 1. The minimum absolute atomic E-state index is 0.124. The van der Waals surface area contributed by atoms with Crippen molar-refractivity contribution in [2.24, 2.45) is 0 Å². The molecule has 126 valence electrons. The lowest BCUT2D eigenvalue weighted by molar-refractivity contribution is 0.0953. The van der Waals surface area contributed by atoms with Crippen molar-refractivity contribution < 1.29 is 14.3 Å². The zero-order chi connectivity index (χ0) is 16.6. The van der Waals surface area contributed by atoms with E-state index in [0.29, 0.717) is 49.3 Å². The third-order valence-electron chi connectivity index (χ3n) is 3.50. The second-order valence-electron chi connectivity index (χ2n) is 5.32. The van der Waals surface area contributed by atoms with Crippen molar-refractivity contribution in [3.05, 3.63) is 42.2 Å². The average molecular weight is 328 g/mol. The van der Waals surface area contributed by atoms with Crippen LogP contribution in [0.2, 0.25) is 0 Å². The second-order valence-corrected chi connectivity index (χ2v) is 5.32. The van der Waals surface area contributed by atoms with Crippen molar-refractivity contribution in [3.63, 3.8) is 0 Å². The molecule has 2 aromatic rings. The van der Waals surface area contributed by atoms with Gasteiger partial charge in [-0.15, -0.1) is 0 Å². The highest BCUT2D eigenvalue weighted by Crippen LogP contribution is 2.30. The van der Waals surface area contributed by atoms with E-state index in [-0.39, 0.29) is 5.91 Å². The van der Waals surface area contributed by atoms with Gasteiger partial charge in [0.1, 0.15) is 0 Å². The smallest absolute Gasteiger partial charge is 0.251 e. The number of anilines is 1. The predicted molar refractivity (Wildman–Crippen MR) is 89.5 cm³/mol. The third kappa shape index (κ3) is 4.34. The summed E-state index contributed by atoms with van der Waals surface area (Å²) in [7, 11) is 0. The number of benzene rings is 1. The largest absolute Gasteiger partial charge is 0.490 e. The molecular weight excluding hydrogens is 308 g/mol. The summed E-state index contributed by atoms with van der Waals surface area (Å²) < 4.78 is 11.2. The number of amides is 1. The van der Waals surface area contributed by atoms with Crippen LogP contribution in [0.4, 0.5) is 5.95 Å². The van der Waals surface area contributed by atoms with E-state index in [2.05, 4.69) is 20.6 Å². The molecule has 0 aliphatic carbocycles. The first-order valence-electron chi connectivity index (χ1n) is 8.02. The number of nitrogens with zero attached hydrogens (tertiary/aromatic N) is 2. The van der Waals surface area contributed by atoms with Crippen LogP contribution >= 0.6 is 0 Å². The number of carbonyl (C=O) groups excluding carboxylic acids is 1. The van der Waals surface area contributed by atoms with Gasteiger partial charge in [0.15, 0.2) is 11.5 Å². The molecule has 7 nitrogen and oxygen atoms in total.